The van der Waals surface area contributed by atoms with Crippen molar-refractivity contribution in [2.24, 2.45) is 0 Å². The molecule has 2 aromatic heterocycles. The second kappa shape index (κ2) is 14.3. The van der Waals surface area contributed by atoms with Gasteiger partial charge in [-0.3, -0.25) is 0 Å². The number of hydrogen-bond acceptors (Lipinski definition) is 2. The minimum Gasteiger partial charge on any atom is -0.454 e. The van der Waals surface area contributed by atoms with E-state index in [1.807, 2.05) is 6.07 Å². The number of aromatic nitrogens is 1. The molecule has 3 nitrogen and oxygen atoms in total. The van der Waals surface area contributed by atoms with Gasteiger partial charge >= 0.3 is 0 Å². The van der Waals surface area contributed by atoms with Gasteiger partial charge in [-0.25, -0.2) is 0 Å². The third-order valence-corrected chi connectivity index (χ3v) is 12.2. The predicted octanol–water partition coefficient (Wildman–Crippen LogP) is 16.3. The van der Waals surface area contributed by atoms with Crippen molar-refractivity contribution >= 4 is 71.6 Å². The monoisotopic (exact) mass is 778 g/mol. The molecule has 0 fully saturated rings. The van der Waals surface area contributed by atoms with Crippen molar-refractivity contribution in [1.29, 1.82) is 0 Å². The highest BCUT2D eigenvalue weighted by Gasteiger charge is 2.23. The summed E-state index contributed by atoms with van der Waals surface area (Å²) in [5.74, 6) is 0. The Balaban J connectivity index is 1.06. The number of para-hydroxylation sites is 4. The molecule has 12 aromatic rings. The maximum absolute atomic E-state index is 6.64. The zero-order valence-corrected chi connectivity index (χ0v) is 33.2. The summed E-state index contributed by atoms with van der Waals surface area (Å²) in [6.07, 6.45) is 0. The summed E-state index contributed by atoms with van der Waals surface area (Å²) >= 11 is 0. The molecular weight excluding hydrogens is 741 g/mol. The zero-order chi connectivity index (χ0) is 40.3. The molecule has 0 radical (unpaired) electrons. The molecule has 0 saturated heterocycles. The van der Waals surface area contributed by atoms with Crippen molar-refractivity contribution in [3.63, 3.8) is 0 Å². The lowest BCUT2D eigenvalue weighted by Crippen LogP contribution is -2.11. The van der Waals surface area contributed by atoms with Crippen molar-refractivity contribution in [3.8, 4) is 39.1 Å². The summed E-state index contributed by atoms with van der Waals surface area (Å²) in [5.41, 5.74) is 15.4. The molecule has 0 N–H and O–H groups in total. The van der Waals surface area contributed by atoms with Crippen LogP contribution < -0.4 is 4.90 Å². The van der Waals surface area contributed by atoms with Gasteiger partial charge in [0.05, 0.1) is 22.4 Å². The van der Waals surface area contributed by atoms with Crippen LogP contribution in [0.15, 0.2) is 235 Å². The normalized spacial score (nSPS) is 11.6. The Morgan fingerprint density at radius 1 is 0.344 bits per heavy atom. The lowest BCUT2D eigenvalue weighted by Gasteiger charge is -2.28. The van der Waals surface area contributed by atoms with Crippen molar-refractivity contribution < 1.29 is 4.42 Å². The first-order valence-electron chi connectivity index (χ1n) is 20.8. The van der Waals surface area contributed by atoms with Crippen LogP contribution in [0.3, 0.4) is 0 Å². The zero-order valence-electron chi connectivity index (χ0n) is 33.2. The molecule has 0 spiro atoms. The molecule has 0 unspecified atom stereocenters. The second-order valence-corrected chi connectivity index (χ2v) is 15.6. The lowest BCUT2D eigenvalue weighted by atomic mass is 9.96. The summed E-state index contributed by atoms with van der Waals surface area (Å²) in [5, 5.41) is 7.11. The number of anilines is 3. The number of furan rings is 1. The average Bonchev–Trinajstić information content (AvgIpc) is 3.89. The Bertz CT molecular complexity index is 3570. The van der Waals surface area contributed by atoms with E-state index in [1.165, 1.54) is 43.8 Å². The minimum atomic E-state index is 0.884. The Kier molecular flexibility index (Phi) is 8.17. The number of hydrogen-bond donors (Lipinski definition) is 0. The molecular formula is C58H38N2O. The quantitative estimate of drug-likeness (QED) is 0.161. The van der Waals surface area contributed by atoms with E-state index in [0.717, 1.165) is 66.8 Å². The van der Waals surface area contributed by atoms with Crippen LogP contribution in [-0.2, 0) is 0 Å². The minimum absolute atomic E-state index is 0.884. The molecule has 0 bridgehead atoms. The van der Waals surface area contributed by atoms with Gasteiger partial charge in [-0.05, 0) is 93.2 Å². The van der Waals surface area contributed by atoms with E-state index in [-0.39, 0.29) is 0 Å². The fourth-order valence-corrected chi connectivity index (χ4v) is 9.44. The molecule has 286 valence electrons. The van der Waals surface area contributed by atoms with Crippen LogP contribution in [0.5, 0.6) is 0 Å². The van der Waals surface area contributed by atoms with Crippen LogP contribution >= 0.6 is 0 Å². The van der Waals surface area contributed by atoms with E-state index in [0.29, 0.717) is 0 Å². The molecule has 2 heterocycles. The van der Waals surface area contributed by atoms with Crippen molar-refractivity contribution in [2.75, 3.05) is 4.90 Å². The highest BCUT2D eigenvalue weighted by molar-refractivity contribution is 6.18. The molecule has 10 aromatic carbocycles. The third kappa shape index (κ3) is 5.74. The van der Waals surface area contributed by atoms with E-state index in [9.17, 15) is 0 Å². The Labute approximate surface area is 353 Å². The molecule has 0 amide bonds. The van der Waals surface area contributed by atoms with Gasteiger partial charge < -0.3 is 13.9 Å². The maximum atomic E-state index is 6.64. The highest BCUT2D eigenvalue weighted by atomic mass is 16.3. The van der Waals surface area contributed by atoms with Crippen molar-refractivity contribution in [1.82, 2.24) is 4.57 Å². The predicted molar refractivity (Wildman–Crippen MR) is 257 cm³/mol. The van der Waals surface area contributed by atoms with Gasteiger partial charge in [0.2, 0.25) is 0 Å². The number of nitrogens with zero attached hydrogens (tertiary/aromatic N) is 2. The molecule has 0 aliphatic heterocycles. The van der Waals surface area contributed by atoms with E-state index < -0.39 is 0 Å². The van der Waals surface area contributed by atoms with E-state index in [2.05, 4.69) is 234 Å². The molecule has 0 saturated carbocycles. The summed E-state index contributed by atoms with van der Waals surface area (Å²) in [6, 6.07) is 82.9. The van der Waals surface area contributed by atoms with Crippen molar-refractivity contribution in [3.05, 3.63) is 231 Å². The van der Waals surface area contributed by atoms with E-state index in [4.69, 9.17) is 4.42 Å². The topological polar surface area (TPSA) is 21.3 Å². The average molecular weight is 779 g/mol. The van der Waals surface area contributed by atoms with Crippen LogP contribution in [-0.4, -0.2) is 4.57 Å². The smallest absolute Gasteiger partial charge is 0.159 e. The first-order valence-corrected chi connectivity index (χ1v) is 20.8. The Morgan fingerprint density at radius 2 is 0.902 bits per heavy atom. The molecule has 0 aliphatic rings. The lowest BCUT2D eigenvalue weighted by molar-refractivity contribution is 0.666. The van der Waals surface area contributed by atoms with Crippen LogP contribution in [0.1, 0.15) is 0 Å². The number of fused-ring (bicyclic) bond motifs is 7. The summed E-state index contributed by atoms with van der Waals surface area (Å²) in [4.78, 5) is 2.41. The number of benzene rings is 10. The molecule has 61 heavy (non-hydrogen) atoms. The summed E-state index contributed by atoms with van der Waals surface area (Å²) in [6.45, 7) is 0. The molecule has 3 heteroatoms. The van der Waals surface area contributed by atoms with Gasteiger partial charge in [-0.1, -0.05) is 176 Å². The van der Waals surface area contributed by atoms with Gasteiger partial charge in [0.15, 0.2) is 5.58 Å². The molecule has 12 rings (SSSR count). The second-order valence-electron chi connectivity index (χ2n) is 15.6. The van der Waals surface area contributed by atoms with E-state index >= 15 is 0 Å². The van der Waals surface area contributed by atoms with E-state index in [1.54, 1.807) is 0 Å². The third-order valence-electron chi connectivity index (χ3n) is 12.2. The molecule has 0 aliphatic carbocycles. The van der Waals surface area contributed by atoms with Crippen LogP contribution in [0, 0.1) is 0 Å². The van der Waals surface area contributed by atoms with Crippen LogP contribution in [0.4, 0.5) is 17.1 Å². The van der Waals surface area contributed by atoms with Gasteiger partial charge in [0.25, 0.3) is 0 Å². The summed E-state index contributed by atoms with van der Waals surface area (Å²) < 4.78 is 9.02. The number of rotatable bonds is 7. The van der Waals surface area contributed by atoms with Gasteiger partial charge in [0, 0.05) is 38.5 Å². The van der Waals surface area contributed by atoms with Gasteiger partial charge in [0.1, 0.15) is 5.58 Å². The SMILES string of the molecule is c1ccc(-c2ccc(N(c3ccc(-c4cccc5ccccc45)cc3)c3ccccc3-c3cccc4c3c3ccccc3n4-c3cccc4c3oc3ccccc34)cc2)cc1. The Hall–Kier alpha value is -8.14. The standard InChI is InChI=1S/C58H38N2O/c1-2-15-39(16-3-1)40-31-35-43(36-32-40)59(44-37-33-42(34-38-44)46-23-12-18-41-17-4-5-19-45(41)46)52-26-9-6-20-47(52)49-24-13-28-54-57(49)51-22-7-10-27-53(51)60(54)55-29-14-25-50-48-21-8-11-30-56(48)61-58(50)55/h1-38H. The molecule has 0 atom stereocenters. The van der Waals surface area contributed by atoms with Gasteiger partial charge in [-0.2, -0.15) is 0 Å². The fourth-order valence-electron chi connectivity index (χ4n) is 9.44. The van der Waals surface area contributed by atoms with Gasteiger partial charge in [-0.15, -0.1) is 0 Å². The highest BCUT2D eigenvalue weighted by Crippen LogP contribution is 2.46. The fraction of sp³-hybridized carbons (Fsp3) is 0. The summed E-state index contributed by atoms with van der Waals surface area (Å²) in [7, 11) is 0. The largest absolute Gasteiger partial charge is 0.454 e. The van der Waals surface area contributed by atoms with Crippen LogP contribution in [0.2, 0.25) is 0 Å². The van der Waals surface area contributed by atoms with Crippen molar-refractivity contribution in [2.45, 2.75) is 0 Å². The first-order chi connectivity index (χ1) is 30.3. The maximum Gasteiger partial charge on any atom is 0.159 e. The Morgan fingerprint density at radius 3 is 1.74 bits per heavy atom. The first kappa shape index (κ1) is 34.9. The van der Waals surface area contributed by atoms with Crippen LogP contribution in [0.25, 0.3) is 93.6 Å².